The van der Waals surface area contributed by atoms with Gasteiger partial charge in [-0.05, 0) is 12.5 Å². The number of pyridine rings is 1. The van der Waals surface area contributed by atoms with Crippen LogP contribution < -0.4 is 56.8 Å². The topological polar surface area (TPSA) is 12.9 Å². The summed E-state index contributed by atoms with van der Waals surface area (Å²) in [4.78, 5) is 3.66. The minimum atomic E-state index is -4.90. The second-order valence-electron chi connectivity index (χ2n) is 2.47. The molecule has 0 unspecified atom stereocenters. The van der Waals surface area contributed by atoms with Crippen molar-refractivity contribution < 1.29 is 64.3 Å². The zero-order valence-electron chi connectivity index (χ0n) is 7.60. The molecule has 13 heavy (non-hydrogen) atoms. The first-order chi connectivity index (χ1) is 5.55. The Balaban J connectivity index is 0.00000144. The molecule has 1 rings (SSSR count). The van der Waals surface area contributed by atoms with Crippen LogP contribution in [0.2, 0.25) is 0 Å². The molecule has 0 aliphatic heterocycles. The predicted octanol–water partition coefficient (Wildman–Crippen LogP) is -1.30. The molecule has 0 aliphatic carbocycles. The van der Waals surface area contributed by atoms with Crippen molar-refractivity contribution in [2.45, 2.75) is 13.3 Å². The molecule has 0 amide bonds. The molecule has 0 radical (unpaired) electrons. The van der Waals surface area contributed by atoms with E-state index in [1.54, 1.807) is 6.92 Å². The Morgan fingerprint density at radius 1 is 1.38 bits per heavy atom. The molecule has 66 valence electrons. The van der Waals surface area contributed by atoms with Gasteiger partial charge in [0.1, 0.15) is 0 Å². The van der Waals surface area contributed by atoms with Crippen LogP contribution in [0.4, 0.5) is 12.9 Å². The van der Waals surface area contributed by atoms with Gasteiger partial charge < -0.3 is 12.9 Å². The Bertz CT molecular complexity index is 277. The van der Waals surface area contributed by atoms with Crippen LogP contribution in [0.1, 0.15) is 12.6 Å². The van der Waals surface area contributed by atoms with Crippen LogP contribution in [0.3, 0.4) is 0 Å². The minimum Gasteiger partial charge on any atom is -0.445 e. The fraction of sp³-hybridized carbons (Fsp3) is 0.286. The summed E-state index contributed by atoms with van der Waals surface area (Å²) in [6, 6.07) is 2.38. The first kappa shape index (κ1) is 13.6. The summed E-state index contributed by atoms with van der Waals surface area (Å²) in [6.07, 6.45) is 1.70. The van der Waals surface area contributed by atoms with Gasteiger partial charge in [-0.15, -0.1) is 0 Å². The summed E-state index contributed by atoms with van der Waals surface area (Å²) < 4.78 is 36.8. The van der Waals surface area contributed by atoms with Crippen LogP contribution in [-0.2, 0) is 6.42 Å². The van der Waals surface area contributed by atoms with Crippen LogP contribution in [-0.4, -0.2) is 12.0 Å². The summed E-state index contributed by atoms with van der Waals surface area (Å²) >= 11 is 0. The number of hydrogen-bond donors (Lipinski definition) is 0. The molecule has 0 atom stereocenters. The average molecular weight is 213 g/mol. The quantitative estimate of drug-likeness (QED) is 0.556. The van der Waals surface area contributed by atoms with E-state index in [9.17, 15) is 12.9 Å². The molecule has 0 aromatic carbocycles. The molecule has 0 saturated heterocycles. The molecule has 1 aromatic rings. The number of rotatable bonds is 2. The van der Waals surface area contributed by atoms with Crippen molar-refractivity contribution in [2.24, 2.45) is 0 Å². The van der Waals surface area contributed by atoms with Gasteiger partial charge in [-0.1, -0.05) is 18.5 Å². The van der Waals surface area contributed by atoms with E-state index < -0.39 is 12.4 Å². The Kier molecular flexibility index (Phi) is 5.78. The molecule has 6 heteroatoms. The maximum atomic E-state index is 12.3. The molecular formula is C7H8BF3KN. The first-order valence-electron chi connectivity index (χ1n) is 3.69. The maximum absolute atomic E-state index is 12.3. The maximum Gasteiger partial charge on any atom is 1.00 e. The first-order valence-corrected chi connectivity index (χ1v) is 3.69. The van der Waals surface area contributed by atoms with Gasteiger partial charge >= 0.3 is 58.4 Å². The second-order valence-corrected chi connectivity index (χ2v) is 2.47. The summed E-state index contributed by atoms with van der Waals surface area (Å²) in [7, 11) is 0. The molecule has 1 nitrogen and oxygen atoms in total. The summed E-state index contributed by atoms with van der Waals surface area (Å²) in [6.45, 7) is -3.24. The van der Waals surface area contributed by atoms with E-state index in [0.29, 0.717) is 6.42 Å². The van der Waals surface area contributed by atoms with Gasteiger partial charge in [-0.25, -0.2) is 0 Å². The number of hydrogen-bond acceptors (Lipinski definition) is 1. The van der Waals surface area contributed by atoms with Crippen molar-refractivity contribution >= 4 is 12.4 Å². The van der Waals surface area contributed by atoms with Gasteiger partial charge in [0.2, 0.25) is 0 Å². The van der Waals surface area contributed by atoms with Gasteiger partial charge in [0.05, 0.1) is 0 Å². The van der Waals surface area contributed by atoms with E-state index in [1.165, 1.54) is 12.3 Å². The van der Waals surface area contributed by atoms with Crippen molar-refractivity contribution in [1.29, 1.82) is 0 Å². The molecule has 1 aromatic heterocycles. The fourth-order valence-electron chi connectivity index (χ4n) is 1.04. The summed E-state index contributed by atoms with van der Waals surface area (Å²) in [5, 5.41) is 0. The van der Waals surface area contributed by atoms with Gasteiger partial charge in [-0.3, -0.25) is 4.98 Å². The summed E-state index contributed by atoms with van der Waals surface area (Å²) in [5.41, 5.74) is -0.440. The standard InChI is InChI=1S/C7H8BF3N.K/c1-2-7-6(8(9,10)11)4-3-5-12-7;/h3-5H,2H2,1H3;/q-1;+1. The predicted molar refractivity (Wildman–Crippen MR) is 42.3 cm³/mol. The second kappa shape index (κ2) is 5.50. The van der Waals surface area contributed by atoms with Crippen molar-refractivity contribution in [1.82, 2.24) is 4.98 Å². The molecule has 0 bridgehead atoms. The molecule has 1 heterocycles. The number of halogens is 3. The third-order valence-corrected chi connectivity index (χ3v) is 1.61. The van der Waals surface area contributed by atoms with Gasteiger partial charge in [0.25, 0.3) is 0 Å². The van der Waals surface area contributed by atoms with E-state index in [-0.39, 0.29) is 57.1 Å². The molecule has 0 aliphatic rings. The minimum absolute atomic E-state index is 0. The van der Waals surface area contributed by atoms with E-state index in [0.717, 1.165) is 6.07 Å². The van der Waals surface area contributed by atoms with E-state index in [4.69, 9.17) is 0 Å². The Morgan fingerprint density at radius 3 is 2.38 bits per heavy atom. The van der Waals surface area contributed by atoms with Crippen LogP contribution >= 0.6 is 0 Å². The van der Waals surface area contributed by atoms with Gasteiger partial charge in [0, 0.05) is 11.9 Å². The largest absolute Gasteiger partial charge is 1.00 e. The summed E-state index contributed by atoms with van der Waals surface area (Å²) in [5.74, 6) is 0. The van der Waals surface area contributed by atoms with E-state index in [2.05, 4.69) is 4.98 Å². The smallest absolute Gasteiger partial charge is 0.445 e. The zero-order chi connectivity index (χ0) is 9.19. The van der Waals surface area contributed by atoms with Crippen molar-refractivity contribution in [2.75, 3.05) is 0 Å². The fourth-order valence-corrected chi connectivity index (χ4v) is 1.04. The molecule has 0 spiro atoms. The molecule has 0 fully saturated rings. The van der Waals surface area contributed by atoms with E-state index in [1.807, 2.05) is 0 Å². The molecular weight excluding hydrogens is 205 g/mol. The van der Waals surface area contributed by atoms with Gasteiger partial charge in [-0.2, -0.15) is 0 Å². The Morgan fingerprint density at radius 2 is 2.00 bits per heavy atom. The Hall–Kier alpha value is 0.641. The van der Waals surface area contributed by atoms with Crippen LogP contribution in [0.25, 0.3) is 0 Å². The average Bonchev–Trinajstić information content (AvgIpc) is 2.03. The number of nitrogens with zero attached hydrogens (tertiary/aromatic N) is 1. The van der Waals surface area contributed by atoms with Crippen LogP contribution in [0.15, 0.2) is 18.3 Å². The number of aromatic nitrogens is 1. The van der Waals surface area contributed by atoms with Crippen molar-refractivity contribution in [3.63, 3.8) is 0 Å². The third kappa shape index (κ3) is 3.71. The monoisotopic (exact) mass is 213 g/mol. The van der Waals surface area contributed by atoms with Crippen LogP contribution in [0.5, 0.6) is 0 Å². The number of aryl methyl sites for hydroxylation is 1. The SMILES string of the molecule is CCc1ncccc1[B-](F)(F)F.[K+]. The van der Waals surface area contributed by atoms with Crippen molar-refractivity contribution in [3.05, 3.63) is 24.0 Å². The normalized spacial score (nSPS) is 10.8. The Labute approximate surface area is 118 Å². The third-order valence-electron chi connectivity index (χ3n) is 1.61. The zero-order valence-corrected chi connectivity index (χ0v) is 10.7. The molecule has 0 N–H and O–H groups in total. The van der Waals surface area contributed by atoms with Crippen LogP contribution in [0, 0.1) is 0 Å². The van der Waals surface area contributed by atoms with Gasteiger partial charge in [0.15, 0.2) is 0 Å². The molecule has 0 saturated carbocycles. The van der Waals surface area contributed by atoms with E-state index >= 15 is 0 Å². The van der Waals surface area contributed by atoms with Crippen molar-refractivity contribution in [3.8, 4) is 0 Å².